The normalized spacial score (nSPS) is 16.6. The van der Waals surface area contributed by atoms with E-state index in [2.05, 4.69) is 31.3 Å². The molecule has 6 heteroatoms. The van der Waals surface area contributed by atoms with Crippen LogP contribution in [0.1, 0.15) is 40.4 Å². The number of nitrogens with two attached hydrogens (primary N) is 1. The van der Waals surface area contributed by atoms with Gasteiger partial charge >= 0.3 is 0 Å². The number of hydrogen-bond acceptors (Lipinski definition) is 6. The van der Waals surface area contributed by atoms with Crippen molar-refractivity contribution in [2.24, 2.45) is 5.10 Å². The first-order valence-corrected chi connectivity index (χ1v) is 9.15. The number of hydrogen-bond donors (Lipinski definition) is 2. The summed E-state index contributed by atoms with van der Waals surface area (Å²) in [6, 6.07) is 9.84. The molecule has 3 heterocycles. The van der Waals surface area contributed by atoms with Gasteiger partial charge in [0.1, 0.15) is 4.83 Å². The number of benzene rings is 1. The molecular formula is C19H20N4OS. The molecule has 0 saturated carbocycles. The number of nitrogen functional groups attached to an aromatic ring is 1. The van der Waals surface area contributed by atoms with Crippen molar-refractivity contribution in [3.63, 3.8) is 0 Å². The predicted octanol–water partition coefficient (Wildman–Crippen LogP) is 4.04. The molecule has 0 spiro atoms. The standard InChI is InChI=1S/C19H20N4OS/c1-4-13-10(2)14-15(20)16(25-19(14)21-11(13)3)18-23-22-17(24-18)12-8-6-5-7-9-12/h5-9,18,23H,4,20H2,1-3H3. The topological polar surface area (TPSA) is 72.5 Å². The van der Waals surface area contributed by atoms with E-state index in [0.717, 1.165) is 38.5 Å². The van der Waals surface area contributed by atoms with Gasteiger partial charge in [-0.15, -0.1) is 16.4 Å². The molecule has 1 aliphatic heterocycles. The monoisotopic (exact) mass is 352 g/mol. The number of nitrogens with zero attached hydrogens (tertiary/aromatic N) is 2. The average Bonchev–Trinajstić information content (AvgIpc) is 3.21. The van der Waals surface area contributed by atoms with Gasteiger partial charge in [0, 0.05) is 16.6 Å². The Balaban J connectivity index is 1.72. The molecule has 5 nitrogen and oxygen atoms in total. The van der Waals surface area contributed by atoms with Crippen LogP contribution in [0.25, 0.3) is 10.2 Å². The van der Waals surface area contributed by atoms with Gasteiger partial charge in [-0.2, -0.15) is 0 Å². The van der Waals surface area contributed by atoms with Gasteiger partial charge < -0.3 is 10.5 Å². The maximum absolute atomic E-state index is 6.48. The van der Waals surface area contributed by atoms with Crippen molar-refractivity contribution in [1.29, 1.82) is 0 Å². The van der Waals surface area contributed by atoms with Crippen LogP contribution in [-0.4, -0.2) is 10.9 Å². The third-order valence-electron chi connectivity index (χ3n) is 4.61. The zero-order valence-electron chi connectivity index (χ0n) is 14.5. The molecule has 0 saturated heterocycles. The molecule has 25 heavy (non-hydrogen) atoms. The number of anilines is 1. The second-order valence-electron chi connectivity index (χ2n) is 6.12. The number of rotatable bonds is 3. The third-order valence-corrected chi connectivity index (χ3v) is 5.76. The lowest BCUT2D eigenvalue weighted by Gasteiger charge is -2.11. The van der Waals surface area contributed by atoms with E-state index in [0.29, 0.717) is 5.90 Å². The molecule has 1 atom stereocenters. The van der Waals surface area contributed by atoms with Crippen LogP contribution in [0, 0.1) is 13.8 Å². The zero-order chi connectivity index (χ0) is 17.6. The maximum Gasteiger partial charge on any atom is 0.240 e. The first kappa shape index (κ1) is 15.9. The van der Waals surface area contributed by atoms with E-state index in [9.17, 15) is 0 Å². The van der Waals surface area contributed by atoms with Gasteiger partial charge in [-0.25, -0.2) is 4.98 Å². The Bertz CT molecular complexity index is 978. The summed E-state index contributed by atoms with van der Waals surface area (Å²) in [6.45, 7) is 6.33. The van der Waals surface area contributed by atoms with Gasteiger partial charge in [0.15, 0.2) is 0 Å². The predicted molar refractivity (Wildman–Crippen MR) is 103 cm³/mol. The Morgan fingerprint density at radius 1 is 1.24 bits per heavy atom. The first-order valence-electron chi connectivity index (χ1n) is 8.33. The van der Waals surface area contributed by atoms with Gasteiger partial charge in [0.25, 0.3) is 0 Å². The highest BCUT2D eigenvalue weighted by Crippen LogP contribution is 2.41. The van der Waals surface area contributed by atoms with E-state index in [1.54, 1.807) is 11.3 Å². The number of thiophene rings is 1. The van der Waals surface area contributed by atoms with E-state index >= 15 is 0 Å². The molecular weight excluding hydrogens is 332 g/mol. The largest absolute Gasteiger partial charge is 0.445 e. The van der Waals surface area contributed by atoms with Crippen molar-refractivity contribution in [3.8, 4) is 0 Å². The van der Waals surface area contributed by atoms with Crippen molar-refractivity contribution in [3.05, 3.63) is 57.6 Å². The Morgan fingerprint density at radius 2 is 2.00 bits per heavy atom. The molecule has 1 aliphatic rings. The van der Waals surface area contributed by atoms with Crippen molar-refractivity contribution in [1.82, 2.24) is 10.4 Å². The molecule has 0 radical (unpaired) electrons. The highest BCUT2D eigenvalue weighted by molar-refractivity contribution is 7.19. The van der Waals surface area contributed by atoms with Crippen LogP contribution in [-0.2, 0) is 11.2 Å². The minimum atomic E-state index is -0.376. The first-order chi connectivity index (χ1) is 12.1. The molecule has 3 N–H and O–H groups in total. The second-order valence-corrected chi connectivity index (χ2v) is 7.16. The molecule has 128 valence electrons. The summed E-state index contributed by atoms with van der Waals surface area (Å²) in [5.74, 6) is 0.581. The molecule has 1 unspecified atom stereocenters. The van der Waals surface area contributed by atoms with E-state index in [4.69, 9.17) is 15.5 Å². The van der Waals surface area contributed by atoms with Crippen molar-refractivity contribution >= 4 is 33.1 Å². The summed E-state index contributed by atoms with van der Waals surface area (Å²) in [4.78, 5) is 6.64. The lowest BCUT2D eigenvalue weighted by molar-refractivity contribution is 0.196. The average molecular weight is 352 g/mol. The lowest BCUT2D eigenvalue weighted by atomic mass is 10.0. The Hall–Kier alpha value is -2.60. The van der Waals surface area contributed by atoms with Crippen molar-refractivity contribution in [2.75, 3.05) is 5.73 Å². The Kier molecular flexibility index (Phi) is 3.84. The van der Waals surface area contributed by atoms with Crippen LogP contribution in [0.15, 0.2) is 35.4 Å². The molecule has 0 amide bonds. The number of fused-ring (bicyclic) bond motifs is 1. The van der Waals surface area contributed by atoms with Crippen LogP contribution in [0.3, 0.4) is 0 Å². The SMILES string of the molecule is CCc1c(C)nc2sc(C3NN=C(c4ccccc4)O3)c(N)c2c1C. The summed E-state index contributed by atoms with van der Waals surface area (Å²) >= 11 is 1.57. The highest BCUT2D eigenvalue weighted by Gasteiger charge is 2.28. The minimum absolute atomic E-state index is 0.376. The van der Waals surface area contributed by atoms with Crippen LogP contribution in [0.2, 0.25) is 0 Å². The highest BCUT2D eigenvalue weighted by atomic mass is 32.1. The van der Waals surface area contributed by atoms with Gasteiger partial charge in [-0.1, -0.05) is 25.1 Å². The minimum Gasteiger partial charge on any atom is -0.445 e. The molecule has 2 aromatic heterocycles. The quantitative estimate of drug-likeness (QED) is 0.746. The van der Waals surface area contributed by atoms with Gasteiger partial charge in [-0.05, 0) is 43.5 Å². The van der Waals surface area contributed by atoms with Crippen molar-refractivity contribution < 1.29 is 4.74 Å². The fourth-order valence-corrected chi connectivity index (χ4v) is 4.53. The van der Waals surface area contributed by atoms with Gasteiger partial charge in [-0.3, -0.25) is 5.43 Å². The fraction of sp³-hybridized carbons (Fsp3) is 0.263. The van der Waals surface area contributed by atoms with E-state index in [1.807, 2.05) is 30.3 Å². The zero-order valence-corrected chi connectivity index (χ0v) is 15.3. The van der Waals surface area contributed by atoms with Crippen LogP contribution in [0.5, 0.6) is 0 Å². The number of aryl methyl sites for hydroxylation is 2. The number of aromatic nitrogens is 1. The van der Waals surface area contributed by atoms with E-state index in [-0.39, 0.29) is 6.23 Å². The Labute approximate surface area is 150 Å². The summed E-state index contributed by atoms with van der Waals surface area (Å²) in [6.07, 6.45) is 0.573. The molecule has 1 aromatic carbocycles. The second kappa shape index (κ2) is 6.04. The molecule has 0 bridgehead atoms. The van der Waals surface area contributed by atoms with Gasteiger partial charge in [0.2, 0.25) is 12.1 Å². The number of hydrazone groups is 1. The van der Waals surface area contributed by atoms with Crippen LogP contribution < -0.4 is 11.2 Å². The summed E-state index contributed by atoms with van der Waals surface area (Å²) in [7, 11) is 0. The van der Waals surface area contributed by atoms with Crippen LogP contribution in [0.4, 0.5) is 5.69 Å². The van der Waals surface area contributed by atoms with Crippen molar-refractivity contribution in [2.45, 2.75) is 33.4 Å². The Morgan fingerprint density at radius 3 is 2.72 bits per heavy atom. The summed E-state index contributed by atoms with van der Waals surface area (Å²) in [5.41, 5.74) is 14.8. The van der Waals surface area contributed by atoms with E-state index in [1.165, 1.54) is 11.1 Å². The number of pyridine rings is 1. The summed E-state index contributed by atoms with van der Waals surface area (Å²) in [5, 5.41) is 5.37. The lowest BCUT2D eigenvalue weighted by Crippen LogP contribution is -2.12. The molecule has 4 rings (SSSR count). The molecule has 3 aromatic rings. The molecule has 0 fully saturated rings. The smallest absolute Gasteiger partial charge is 0.240 e. The van der Waals surface area contributed by atoms with Gasteiger partial charge in [0.05, 0.1) is 10.6 Å². The number of nitrogens with one attached hydrogen (secondary N) is 1. The number of ether oxygens (including phenoxy) is 1. The molecule has 0 aliphatic carbocycles. The summed E-state index contributed by atoms with van der Waals surface area (Å²) < 4.78 is 6.01. The maximum atomic E-state index is 6.48. The van der Waals surface area contributed by atoms with E-state index < -0.39 is 0 Å². The third kappa shape index (κ3) is 2.53. The van der Waals surface area contributed by atoms with Crippen LogP contribution >= 0.6 is 11.3 Å². The fourth-order valence-electron chi connectivity index (χ4n) is 3.35.